The van der Waals surface area contributed by atoms with Crippen molar-refractivity contribution in [2.24, 2.45) is 11.8 Å². The smallest absolute Gasteiger partial charge is 0.224 e. The van der Waals surface area contributed by atoms with Gasteiger partial charge in [-0.15, -0.1) is 5.10 Å². The van der Waals surface area contributed by atoms with E-state index in [9.17, 15) is 4.79 Å². The predicted molar refractivity (Wildman–Crippen MR) is 93.6 cm³/mol. The van der Waals surface area contributed by atoms with Crippen LogP contribution in [0.4, 0.5) is 0 Å². The molecule has 3 fully saturated rings. The minimum atomic E-state index is -0.0871. The fourth-order valence-corrected chi connectivity index (χ4v) is 4.16. The molecule has 2 N–H and O–H groups in total. The van der Waals surface area contributed by atoms with Crippen LogP contribution in [0.3, 0.4) is 0 Å². The maximum atomic E-state index is 12.7. The Labute approximate surface area is 152 Å². The number of amides is 1. The van der Waals surface area contributed by atoms with Crippen molar-refractivity contribution in [3.8, 4) is 0 Å². The number of fused-ring (bicyclic) bond motifs is 3. The molecule has 2 bridgehead atoms. The van der Waals surface area contributed by atoms with Crippen molar-refractivity contribution < 1.29 is 9.90 Å². The second-order valence-corrected chi connectivity index (χ2v) is 7.21. The molecular formula is C18H24N6O2. The van der Waals surface area contributed by atoms with Crippen LogP contribution in [0.15, 0.2) is 30.7 Å². The zero-order valence-electron chi connectivity index (χ0n) is 14.7. The van der Waals surface area contributed by atoms with Gasteiger partial charge < -0.3 is 10.4 Å². The van der Waals surface area contributed by atoms with E-state index in [4.69, 9.17) is 5.11 Å². The summed E-state index contributed by atoms with van der Waals surface area (Å²) in [6.45, 7) is 3.03. The van der Waals surface area contributed by atoms with Gasteiger partial charge in [-0.2, -0.15) is 0 Å². The van der Waals surface area contributed by atoms with E-state index in [1.165, 1.54) is 0 Å². The number of aromatic nitrogens is 4. The highest BCUT2D eigenvalue weighted by atomic mass is 16.3. The molecule has 3 saturated heterocycles. The summed E-state index contributed by atoms with van der Waals surface area (Å²) in [7, 11) is 0. The van der Waals surface area contributed by atoms with Crippen LogP contribution in [-0.4, -0.2) is 55.0 Å². The van der Waals surface area contributed by atoms with Crippen molar-refractivity contribution in [2.45, 2.75) is 38.6 Å². The van der Waals surface area contributed by atoms with Gasteiger partial charge in [0.2, 0.25) is 5.91 Å². The number of pyridine rings is 1. The first kappa shape index (κ1) is 17.1. The van der Waals surface area contributed by atoms with Gasteiger partial charge in [0.15, 0.2) is 0 Å². The van der Waals surface area contributed by atoms with Gasteiger partial charge in [-0.3, -0.25) is 19.4 Å². The molecule has 2 aromatic heterocycles. The standard InChI is InChI=1S/C18H24N6O2/c25-12-15-9-24(22-21-15)10-16-6-14-3-5-23(16)11-17(14)18(26)20-8-13-2-1-4-19-7-13/h1-2,4,7,9,14,16-17,25H,3,5-6,8,10-12H2,(H,20,26)/t14-,16-,17+/m1/s1. The largest absolute Gasteiger partial charge is 0.390 e. The monoisotopic (exact) mass is 356 g/mol. The van der Waals surface area contributed by atoms with Crippen LogP contribution < -0.4 is 5.32 Å². The van der Waals surface area contributed by atoms with E-state index in [1.54, 1.807) is 23.3 Å². The number of aliphatic hydroxyl groups excluding tert-OH is 1. The van der Waals surface area contributed by atoms with Crippen molar-refractivity contribution in [3.05, 3.63) is 42.0 Å². The molecule has 0 radical (unpaired) electrons. The van der Waals surface area contributed by atoms with E-state index >= 15 is 0 Å². The summed E-state index contributed by atoms with van der Waals surface area (Å²) in [5.41, 5.74) is 1.61. The van der Waals surface area contributed by atoms with Crippen LogP contribution in [0.2, 0.25) is 0 Å². The minimum Gasteiger partial charge on any atom is -0.390 e. The lowest BCUT2D eigenvalue weighted by Gasteiger charge is -2.49. The normalized spacial score (nSPS) is 27.4. The Bertz CT molecular complexity index is 749. The molecule has 8 heteroatoms. The zero-order chi connectivity index (χ0) is 17.9. The van der Waals surface area contributed by atoms with Crippen molar-refractivity contribution in [1.29, 1.82) is 0 Å². The fraction of sp³-hybridized carbons (Fsp3) is 0.556. The van der Waals surface area contributed by atoms with Crippen LogP contribution in [0.25, 0.3) is 0 Å². The van der Waals surface area contributed by atoms with Crippen molar-refractivity contribution in [1.82, 2.24) is 30.2 Å². The molecular weight excluding hydrogens is 332 g/mol. The van der Waals surface area contributed by atoms with Crippen LogP contribution >= 0.6 is 0 Å². The van der Waals surface area contributed by atoms with Gasteiger partial charge in [0.1, 0.15) is 5.69 Å². The van der Waals surface area contributed by atoms with E-state index in [2.05, 4.69) is 25.5 Å². The van der Waals surface area contributed by atoms with Crippen LogP contribution in [0.1, 0.15) is 24.1 Å². The highest BCUT2D eigenvalue weighted by Crippen LogP contribution is 2.36. The molecule has 138 valence electrons. The third-order valence-electron chi connectivity index (χ3n) is 5.55. The number of aliphatic hydroxyl groups is 1. The molecule has 1 amide bonds. The average molecular weight is 356 g/mol. The predicted octanol–water partition coefficient (Wildman–Crippen LogP) is 0.192. The molecule has 3 aliphatic heterocycles. The Balaban J connectivity index is 1.33. The number of hydrogen-bond acceptors (Lipinski definition) is 6. The van der Waals surface area contributed by atoms with Gasteiger partial charge in [-0.25, -0.2) is 0 Å². The van der Waals surface area contributed by atoms with E-state index in [0.717, 1.165) is 38.0 Å². The van der Waals surface area contributed by atoms with Gasteiger partial charge >= 0.3 is 0 Å². The number of hydrogen-bond donors (Lipinski definition) is 2. The lowest BCUT2D eigenvalue weighted by molar-refractivity contribution is -0.133. The molecule has 0 aromatic carbocycles. The van der Waals surface area contributed by atoms with E-state index in [1.807, 2.05) is 12.1 Å². The van der Waals surface area contributed by atoms with Gasteiger partial charge in [-0.05, 0) is 36.9 Å². The number of rotatable bonds is 6. The summed E-state index contributed by atoms with van der Waals surface area (Å²) >= 11 is 0. The Morgan fingerprint density at radius 2 is 2.35 bits per heavy atom. The van der Waals surface area contributed by atoms with E-state index in [-0.39, 0.29) is 18.4 Å². The van der Waals surface area contributed by atoms with Crippen molar-refractivity contribution in [3.63, 3.8) is 0 Å². The first-order chi connectivity index (χ1) is 12.7. The molecule has 5 heterocycles. The highest BCUT2D eigenvalue weighted by molar-refractivity contribution is 5.79. The third-order valence-corrected chi connectivity index (χ3v) is 5.55. The minimum absolute atomic E-state index is 0.0559. The Hall–Kier alpha value is -2.32. The summed E-state index contributed by atoms with van der Waals surface area (Å²) < 4.78 is 1.80. The number of piperidine rings is 3. The molecule has 1 unspecified atom stereocenters. The van der Waals surface area contributed by atoms with Crippen molar-refractivity contribution >= 4 is 5.91 Å². The van der Waals surface area contributed by atoms with Gasteiger partial charge in [0.25, 0.3) is 0 Å². The van der Waals surface area contributed by atoms with Crippen LogP contribution in [0.5, 0.6) is 0 Å². The number of nitrogens with one attached hydrogen (secondary N) is 1. The molecule has 8 nitrogen and oxygen atoms in total. The molecule has 3 aliphatic rings. The highest BCUT2D eigenvalue weighted by Gasteiger charge is 2.43. The summed E-state index contributed by atoms with van der Waals surface area (Å²) in [6.07, 6.45) is 7.38. The van der Waals surface area contributed by atoms with E-state index in [0.29, 0.717) is 24.2 Å². The Morgan fingerprint density at radius 3 is 3.04 bits per heavy atom. The maximum Gasteiger partial charge on any atom is 0.224 e. The molecule has 26 heavy (non-hydrogen) atoms. The van der Waals surface area contributed by atoms with Crippen LogP contribution in [0, 0.1) is 11.8 Å². The van der Waals surface area contributed by atoms with Crippen LogP contribution in [-0.2, 0) is 24.5 Å². The quantitative estimate of drug-likeness (QED) is 0.767. The first-order valence-electron chi connectivity index (χ1n) is 9.13. The third kappa shape index (κ3) is 3.61. The molecule has 2 aromatic rings. The average Bonchev–Trinajstić information content (AvgIpc) is 3.15. The lowest BCUT2D eigenvalue weighted by atomic mass is 9.75. The molecule has 4 atom stereocenters. The SMILES string of the molecule is O=C(NCc1cccnc1)[C@H]1CN2CC[C@@H]1C[C@@H]2Cn1cc(CO)nn1. The Kier molecular flexibility index (Phi) is 4.94. The van der Waals surface area contributed by atoms with Gasteiger partial charge in [0.05, 0.1) is 25.3 Å². The fourth-order valence-electron chi connectivity index (χ4n) is 4.16. The summed E-state index contributed by atoms with van der Waals surface area (Å²) in [6, 6.07) is 4.23. The Morgan fingerprint density at radius 1 is 1.42 bits per heavy atom. The molecule has 5 rings (SSSR count). The number of carbonyl (C=O) groups excluding carboxylic acids is 1. The summed E-state index contributed by atoms with van der Waals surface area (Å²) in [5, 5.41) is 20.2. The second-order valence-electron chi connectivity index (χ2n) is 7.21. The molecule has 0 saturated carbocycles. The molecule has 0 aliphatic carbocycles. The second kappa shape index (κ2) is 7.51. The number of carbonyl (C=O) groups is 1. The van der Waals surface area contributed by atoms with Gasteiger partial charge in [-0.1, -0.05) is 11.3 Å². The zero-order valence-corrected chi connectivity index (χ0v) is 14.7. The van der Waals surface area contributed by atoms with Crippen molar-refractivity contribution in [2.75, 3.05) is 13.1 Å². The topological polar surface area (TPSA) is 96.2 Å². The lowest BCUT2D eigenvalue weighted by Crippen LogP contribution is -2.58. The summed E-state index contributed by atoms with van der Waals surface area (Å²) in [4.78, 5) is 19.1. The van der Waals surface area contributed by atoms with E-state index < -0.39 is 0 Å². The maximum absolute atomic E-state index is 12.7. The molecule has 0 spiro atoms. The first-order valence-corrected chi connectivity index (χ1v) is 9.13. The number of nitrogens with zero attached hydrogens (tertiary/aromatic N) is 5. The summed E-state index contributed by atoms with van der Waals surface area (Å²) in [5.74, 6) is 0.616. The van der Waals surface area contributed by atoms with Gasteiger partial charge in [0, 0.05) is 31.5 Å².